The van der Waals surface area contributed by atoms with Gasteiger partial charge in [0, 0.05) is 21.5 Å². The molecule has 0 spiro atoms. The zero-order valence-corrected chi connectivity index (χ0v) is 17.1. The minimum absolute atomic E-state index is 0.665. The predicted molar refractivity (Wildman–Crippen MR) is 112 cm³/mol. The average molecular weight is 405 g/mol. The van der Waals surface area contributed by atoms with Crippen molar-refractivity contribution in [3.8, 4) is 11.8 Å². The topological polar surface area (TPSA) is 28.7 Å². The van der Waals surface area contributed by atoms with Gasteiger partial charge >= 0.3 is 0 Å². The number of nitrogens with zero attached hydrogens (tertiary/aromatic N) is 2. The standard InChI is InChI=1S/C23H21BrN2/c1-15-9-16(2)11-23(10-15)26-17(3)12-20(18(26)4)13-21(14-25)19-5-7-22(24)8-6-19/h5-13H,1-4H3. The highest BCUT2D eigenvalue weighted by atomic mass is 79.9. The van der Waals surface area contributed by atoms with Crippen LogP contribution in [0, 0.1) is 39.0 Å². The van der Waals surface area contributed by atoms with Crippen LogP contribution < -0.4 is 0 Å². The molecule has 1 aromatic heterocycles. The first kappa shape index (κ1) is 18.2. The molecule has 2 aromatic carbocycles. The maximum atomic E-state index is 9.63. The molecule has 1 heterocycles. The molecule has 0 radical (unpaired) electrons. The van der Waals surface area contributed by atoms with Gasteiger partial charge in [-0.2, -0.15) is 5.26 Å². The summed E-state index contributed by atoms with van der Waals surface area (Å²) in [6.45, 7) is 8.44. The van der Waals surface area contributed by atoms with Gasteiger partial charge in [0.05, 0.1) is 11.6 Å². The van der Waals surface area contributed by atoms with Crippen LogP contribution in [0.25, 0.3) is 17.3 Å². The summed E-state index contributed by atoms with van der Waals surface area (Å²) in [6.07, 6.45) is 1.98. The van der Waals surface area contributed by atoms with Gasteiger partial charge in [0.2, 0.25) is 0 Å². The van der Waals surface area contributed by atoms with Crippen molar-refractivity contribution in [1.82, 2.24) is 4.57 Å². The van der Waals surface area contributed by atoms with E-state index in [4.69, 9.17) is 0 Å². The minimum Gasteiger partial charge on any atom is -0.318 e. The second kappa shape index (κ2) is 7.35. The summed E-state index contributed by atoms with van der Waals surface area (Å²) in [5.74, 6) is 0. The van der Waals surface area contributed by atoms with Crippen molar-refractivity contribution in [1.29, 1.82) is 5.26 Å². The molecule has 0 bridgehead atoms. The second-order valence-corrected chi connectivity index (χ2v) is 7.60. The first-order valence-electron chi connectivity index (χ1n) is 8.54. The van der Waals surface area contributed by atoms with Gasteiger partial charge < -0.3 is 4.57 Å². The third-order valence-electron chi connectivity index (χ3n) is 4.51. The fourth-order valence-corrected chi connectivity index (χ4v) is 3.64. The van der Waals surface area contributed by atoms with Crippen LogP contribution in [0.15, 0.2) is 53.0 Å². The Morgan fingerprint density at radius 2 is 1.58 bits per heavy atom. The van der Waals surface area contributed by atoms with Crippen molar-refractivity contribution in [3.63, 3.8) is 0 Å². The predicted octanol–water partition coefficient (Wildman–Crippen LogP) is 6.54. The van der Waals surface area contributed by atoms with Crippen molar-refractivity contribution in [3.05, 3.63) is 86.6 Å². The van der Waals surface area contributed by atoms with Crippen LogP contribution in [0.3, 0.4) is 0 Å². The first-order chi connectivity index (χ1) is 12.4. The highest BCUT2D eigenvalue weighted by Crippen LogP contribution is 2.26. The van der Waals surface area contributed by atoms with Crippen molar-refractivity contribution < 1.29 is 0 Å². The quantitative estimate of drug-likeness (QED) is 0.455. The van der Waals surface area contributed by atoms with E-state index < -0.39 is 0 Å². The van der Waals surface area contributed by atoms with E-state index in [1.807, 2.05) is 30.3 Å². The number of benzene rings is 2. The highest BCUT2D eigenvalue weighted by Gasteiger charge is 2.11. The smallest absolute Gasteiger partial charge is 0.0998 e. The van der Waals surface area contributed by atoms with Gasteiger partial charge in [0.15, 0.2) is 0 Å². The van der Waals surface area contributed by atoms with E-state index in [1.165, 1.54) is 16.8 Å². The van der Waals surface area contributed by atoms with Crippen LogP contribution in [-0.4, -0.2) is 4.57 Å². The van der Waals surface area contributed by atoms with E-state index in [-0.39, 0.29) is 0 Å². The van der Waals surface area contributed by atoms with Gasteiger partial charge in [0.1, 0.15) is 0 Å². The summed E-state index contributed by atoms with van der Waals surface area (Å²) in [6, 6.07) is 18.9. The maximum absolute atomic E-state index is 9.63. The van der Waals surface area contributed by atoms with Crippen LogP contribution in [0.1, 0.15) is 33.6 Å². The monoisotopic (exact) mass is 404 g/mol. The highest BCUT2D eigenvalue weighted by molar-refractivity contribution is 9.10. The van der Waals surface area contributed by atoms with Crippen LogP contribution >= 0.6 is 15.9 Å². The Labute approximate surface area is 163 Å². The third-order valence-corrected chi connectivity index (χ3v) is 5.04. The van der Waals surface area contributed by atoms with Gasteiger partial charge in [-0.25, -0.2) is 0 Å². The zero-order chi connectivity index (χ0) is 18.8. The third kappa shape index (κ3) is 3.66. The SMILES string of the molecule is Cc1cc(C)cc(-n2c(C)cc(C=C(C#N)c3ccc(Br)cc3)c2C)c1. The molecule has 0 atom stereocenters. The molecule has 0 saturated heterocycles. The largest absolute Gasteiger partial charge is 0.318 e. The Balaban J connectivity index is 2.10. The van der Waals surface area contributed by atoms with Gasteiger partial charge in [0.25, 0.3) is 0 Å². The number of aryl methyl sites for hydroxylation is 3. The molecule has 0 unspecified atom stereocenters. The summed E-state index contributed by atoms with van der Waals surface area (Å²) >= 11 is 3.44. The molecule has 0 aliphatic carbocycles. The Kier molecular flexibility index (Phi) is 5.15. The number of aromatic nitrogens is 1. The van der Waals surface area contributed by atoms with E-state index in [1.54, 1.807) is 0 Å². The molecule has 26 heavy (non-hydrogen) atoms. The van der Waals surface area contributed by atoms with Crippen molar-refractivity contribution in [2.75, 3.05) is 0 Å². The summed E-state index contributed by atoms with van der Waals surface area (Å²) in [7, 11) is 0. The summed E-state index contributed by atoms with van der Waals surface area (Å²) in [5.41, 5.74) is 8.61. The van der Waals surface area contributed by atoms with Crippen LogP contribution in [-0.2, 0) is 0 Å². The maximum Gasteiger partial charge on any atom is 0.0998 e. The van der Waals surface area contributed by atoms with Crippen molar-refractivity contribution in [2.45, 2.75) is 27.7 Å². The molecule has 3 heteroatoms. The normalized spacial score (nSPS) is 11.5. The number of hydrogen-bond donors (Lipinski definition) is 0. The molecule has 0 amide bonds. The van der Waals surface area contributed by atoms with E-state index in [2.05, 4.69) is 78.5 Å². The molecule has 0 N–H and O–H groups in total. The first-order valence-corrected chi connectivity index (χ1v) is 9.33. The van der Waals surface area contributed by atoms with Crippen LogP contribution in [0.5, 0.6) is 0 Å². The van der Waals surface area contributed by atoms with Crippen molar-refractivity contribution >= 4 is 27.6 Å². The number of allylic oxidation sites excluding steroid dienone is 1. The molecular weight excluding hydrogens is 384 g/mol. The Hall–Kier alpha value is -2.57. The van der Waals surface area contributed by atoms with Crippen LogP contribution in [0.2, 0.25) is 0 Å². The zero-order valence-electron chi connectivity index (χ0n) is 15.5. The fourth-order valence-electron chi connectivity index (χ4n) is 3.38. The Bertz CT molecular complexity index is 1010. The van der Waals surface area contributed by atoms with Gasteiger partial charge in [-0.3, -0.25) is 0 Å². The fraction of sp³-hybridized carbons (Fsp3) is 0.174. The average Bonchev–Trinajstić information content (AvgIpc) is 2.86. The van der Waals surface area contributed by atoms with Gasteiger partial charge in [-0.1, -0.05) is 34.1 Å². The van der Waals surface area contributed by atoms with E-state index in [9.17, 15) is 5.26 Å². The lowest BCUT2D eigenvalue weighted by Crippen LogP contribution is -2.00. The minimum atomic E-state index is 0.665. The summed E-state index contributed by atoms with van der Waals surface area (Å²) < 4.78 is 3.26. The van der Waals surface area contributed by atoms with E-state index in [0.29, 0.717) is 5.57 Å². The van der Waals surface area contributed by atoms with E-state index in [0.717, 1.165) is 27.0 Å². The van der Waals surface area contributed by atoms with Gasteiger partial charge in [-0.05, 0) is 86.4 Å². The summed E-state index contributed by atoms with van der Waals surface area (Å²) in [4.78, 5) is 0. The van der Waals surface area contributed by atoms with Crippen molar-refractivity contribution in [2.24, 2.45) is 0 Å². The lowest BCUT2D eigenvalue weighted by molar-refractivity contribution is 0.960. The summed E-state index contributed by atoms with van der Waals surface area (Å²) in [5, 5.41) is 9.63. The molecule has 3 aromatic rings. The number of rotatable bonds is 3. The number of nitriles is 1. The molecule has 0 saturated carbocycles. The molecule has 0 aliphatic rings. The molecule has 3 rings (SSSR count). The molecular formula is C23H21BrN2. The Morgan fingerprint density at radius 1 is 0.962 bits per heavy atom. The Morgan fingerprint density at radius 3 is 2.15 bits per heavy atom. The second-order valence-electron chi connectivity index (χ2n) is 6.68. The molecule has 130 valence electrons. The van der Waals surface area contributed by atoms with Crippen LogP contribution in [0.4, 0.5) is 0 Å². The van der Waals surface area contributed by atoms with Gasteiger partial charge in [-0.15, -0.1) is 0 Å². The molecule has 0 aliphatic heterocycles. The lowest BCUT2D eigenvalue weighted by atomic mass is 10.0. The molecule has 0 fully saturated rings. The van der Waals surface area contributed by atoms with E-state index >= 15 is 0 Å². The number of halogens is 1. The lowest BCUT2D eigenvalue weighted by Gasteiger charge is -2.12. The number of hydrogen-bond acceptors (Lipinski definition) is 1. The molecule has 2 nitrogen and oxygen atoms in total.